The van der Waals surface area contributed by atoms with Crippen LogP contribution in [0.15, 0.2) is 29.6 Å². The summed E-state index contributed by atoms with van der Waals surface area (Å²) in [6.07, 6.45) is 0. The lowest BCUT2D eigenvalue weighted by molar-refractivity contribution is 0.0602. The maximum absolute atomic E-state index is 11.7. The molecule has 2 aromatic rings. The Morgan fingerprint density at radius 3 is 2.67 bits per heavy atom. The lowest BCUT2D eigenvalue weighted by Crippen LogP contribution is -2.11. The standard InChI is InChI=1S/C16H20N2O2S/c1-16(2,3)15-18-11(10-21-15)9-17-13-8-6-5-7-12(13)14(19)20-4/h5-8,10,17H,9H2,1-4H3. The summed E-state index contributed by atoms with van der Waals surface area (Å²) in [6, 6.07) is 7.31. The molecular weight excluding hydrogens is 284 g/mol. The summed E-state index contributed by atoms with van der Waals surface area (Å²) in [5, 5.41) is 6.41. The molecule has 2 rings (SSSR count). The number of carbonyl (C=O) groups is 1. The summed E-state index contributed by atoms with van der Waals surface area (Å²) in [5.41, 5.74) is 2.33. The number of hydrogen-bond donors (Lipinski definition) is 1. The van der Waals surface area contributed by atoms with Crippen LogP contribution < -0.4 is 5.32 Å². The van der Waals surface area contributed by atoms with Crippen LogP contribution in [-0.2, 0) is 16.7 Å². The van der Waals surface area contributed by atoms with Crippen LogP contribution in [0.25, 0.3) is 0 Å². The molecule has 4 nitrogen and oxygen atoms in total. The molecule has 21 heavy (non-hydrogen) atoms. The van der Waals surface area contributed by atoms with Crippen molar-refractivity contribution in [1.82, 2.24) is 4.98 Å². The molecule has 0 bridgehead atoms. The van der Waals surface area contributed by atoms with E-state index in [0.29, 0.717) is 12.1 Å². The third-order valence-corrected chi connectivity index (χ3v) is 4.30. The van der Waals surface area contributed by atoms with E-state index in [1.807, 2.05) is 23.6 Å². The van der Waals surface area contributed by atoms with E-state index in [4.69, 9.17) is 4.74 Å². The zero-order valence-electron chi connectivity index (χ0n) is 12.8. The van der Waals surface area contributed by atoms with Gasteiger partial charge in [0.1, 0.15) is 0 Å². The van der Waals surface area contributed by atoms with Crippen molar-refractivity contribution in [3.63, 3.8) is 0 Å². The van der Waals surface area contributed by atoms with Crippen LogP contribution in [0.4, 0.5) is 5.69 Å². The van der Waals surface area contributed by atoms with Crippen LogP contribution in [0, 0.1) is 0 Å². The molecule has 0 radical (unpaired) electrons. The first-order valence-electron chi connectivity index (χ1n) is 6.78. The Kier molecular flexibility index (Phi) is 4.63. The first-order chi connectivity index (χ1) is 9.91. The SMILES string of the molecule is COC(=O)c1ccccc1NCc1csc(C(C)(C)C)n1. The first-order valence-corrected chi connectivity index (χ1v) is 7.66. The molecular formula is C16H20N2O2S. The van der Waals surface area contributed by atoms with Gasteiger partial charge in [-0.3, -0.25) is 0 Å². The lowest BCUT2D eigenvalue weighted by atomic mass is 9.98. The van der Waals surface area contributed by atoms with Crippen LogP contribution in [0.3, 0.4) is 0 Å². The fourth-order valence-corrected chi connectivity index (χ4v) is 2.75. The molecule has 0 atom stereocenters. The Morgan fingerprint density at radius 2 is 2.05 bits per heavy atom. The molecule has 0 amide bonds. The molecule has 5 heteroatoms. The minimum absolute atomic E-state index is 0.0623. The van der Waals surface area contributed by atoms with Crippen molar-refractivity contribution >= 4 is 23.0 Å². The van der Waals surface area contributed by atoms with Gasteiger partial charge in [-0.2, -0.15) is 0 Å². The second-order valence-corrected chi connectivity index (χ2v) is 6.64. The van der Waals surface area contributed by atoms with Gasteiger partial charge in [0.15, 0.2) is 0 Å². The van der Waals surface area contributed by atoms with Gasteiger partial charge in [-0.25, -0.2) is 9.78 Å². The van der Waals surface area contributed by atoms with Gasteiger partial charge in [-0.1, -0.05) is 32.9 Å². The number of methoxy groups -OCH3 is 1. The predicted octanol–water partition coefficient (Wildman–Crippen LogP) is 3.84. The monoisotopic (exact) mass is 304 g/mol. The maximum atomic E-state index is 11.7. The number of carbonyl (C=O) groups excluding carboxylic acids is 1. The normalized spacial score (nSPS) is 11.2. The van der Waals surface area contributed by atoms with Gasteiger partial charge in [0.2, 0.25) is 0 Å². The van der Waals surface area contributed by atoms with Crippen LogP contribution in [0.5, 0.6) is 0 Å². The summed E-state index contributed by atoms with van der Waals surface area (Å²) in [6.45, 7) is 7.03. The number of para-hydroxylation sites is 1. The van der Waals surface area contributed by atoms with Crippen molar-refractivity contribution in [2.24, 2.45) is 0 Å². The minimum Gasteiger partial charge on any atom is -0.465 e. The van der Waals surface area contributed by atoms with Gasteiger partial charge in [-0.05, 0) is 12.1 Å². The highest BCUT2D eigenvalue weighted by Crippen LogP contribution is 2.26. The number of benzene rings is 1. The highest BCUT2D eigenvalue weighted by atomic mass is 32.1. The number of anilines is 1. The number of ether oxygens (including phenoxy) is 1. The van der Waals surface area contributed by atoms with E-state index in [-0.39, 0.29) is 11.4 Å². The number of hydrogen-bond acceptors (Lipinski definition) is 5. The zero-order chi connectivity index (χ0) is 15.5. The predicted molar refractivity (Wildman–Crippen MR) is 85.9 cm³/mol. The van der Waals surface area contributed by atoms with Gasteiger partial charge in [0.25, 0.3) is 0 Å². The molecule has 0 spiro atoms. The molecule has 1 aromatic heterocycles. The van der Waals surface area contributed by atoms with E-state index >= 15 is 0 Å². The molecule has 0 fully saturated rings. The molecule has 1 N–H and O–H groups in total. The smallest absolute Gasteiger partial charge is 0.339 e. The van der Waals surface area contributed by atoms with Crippen molar-refractivity contribution in [2.75, 3.05) is 12.4 Å². The summed E-state index contributed by atoms with van der Waals surface area (Å²) in [4.78, 5) is 16.3. The third kappa shape index (κ3) is 3.82. The van der Waals surface area contributed by atoms with Gasteiger partial charge >= 0.3 is 5.97 Å². The van der Waals surface area contributed by atoms with Crippen LogP contribution in [0.2, 0.25) is 0 Å². The molecule has 0 unspecified atom stereocenters. The molecule has 0 aliphatic carbocycles. The summed E-state index contributed by atoms with van der Waals surface area (Å²) in [5.74, 6) is -0.341. The molecule has 0 aliphatic rings. The second kappa shape index (κ2) is 6.26. The van der Waals surface area contributed by atoms with Gasteiger partial charge in [-0.15, -0.1) is 11.3 Å². The number of nitrogens with zero attached hydrogens (tertiary/aromatic N) is 1. The number of esters is 1. The second-order valence-electron chi connectivity index (χ2n) is 5.78. The van der Waals surface area contributed by atoms with E-state index in [0.717, 1.165) is 16.4 Å². The molecule has 0 saturated heterocycles. The third-order valence-electron chi connectivity index (χ3n) is 2.99. The van der Waals surface area contributed by atoms with E-state index in [9.17, 15) is 4.79 Å². The van der Waals surface area contributed by atoms with E-state index in [2.05, 4.69) is 31.1 Å². The first kappa shape index (κ1) is 15.5. The number of rotatable bonds is 4. The van der Waals surface area contributed by atoms with Gasteiger partial charge in [0, 0.05) is 16.5 Å². The quantitative estimate of drug-likeness (QED) is 0.872. The number of aromatic nitrogens is 1. The molecule has 1 heterocycles. The topological polar surface area (TPSA) is 51.2 Å². The highest BCUT2D eigenvalue weighted by Gasteiger charge is 2.18. The van der Waals surface area contributed by atoms with Crippen LogP contribution in [0.1, 0.15) is 41.8 Å². The fraction of sp³-hybridized carbons (Fsp3) is 0.375. The minimum atomic E-state index is -0.341. The zero-order valence-corrected chi connectivity index (χ0v) is 13.6. The van der Waals surface area contributed by atoms with E-state index < -0.39 is 0 Å². The Labute approximate surface area is 129 Å². The van der Waals surface area contributed by atoms with Crippen molar-refractivity contribution in [1.29, 1.82) is 0 Å². The number of thiazole rings is 1. The van der Waals surface area contributed by atoms with E-state index in [1.54, 1.807) is 17.4 Å². The van der Waals surface area contributed by atoms with Crippen LogP contribution in [-0.4, -0.2) is 18.1 Å². The average molecular weight is 304 g/mol. The van der Waals surface area contributed by atoms with Crippen molar-refractivity contribution < 1.29 is 9.53 Å². The van der Waals surface area contributed by atoms with Gasteiger partial charge < -0.3 is 10.1 Å². The lowest BCUT2D eigenvalue weighted by Gasteiger charge is -2.13. The highest BCUT2D eigenvalue weighted by molar-refractivity contribution is 7.09. The average Bonchev–Trinajstić information content (AvgIpc) is 2.93. The molecule has 0 aliphatic heterocycles. The maximum Gasteiger partial charge on any atom is 0.339 e. The van der Waals surface area contributed by atoms with Crippen LogP contribution >= 0.6 is 11.3 Å². The molecule has 0 saturated carbocycles. The Balaban J connectivity index is 2.10. The Hall–Kier alpha value is -1.88. The fourth-order valence-electron chi connectivity index (χ4n) is 1.84. The summed E-state index contributed by atoms with van der Waals surface area (Å²) >= 11 is 1.66. The van der Waals surface area contributed by atoms with E-state index in [1.165, 1.54) is 7.11 Å². The van der Waals surface area contributed by atoms with Crippen molar-refractivity contribution in [2.45, 2.75) is 32.7 Å². The summed E-state index contributed by atoms with van der Waals surface area (Å²) < 4.78 is 4.79. The Bertz CT molecular complexity index is 629. The van der Waals surface area contributed by atoms with Gasteiger partial charge in [0.05, 0.1) is 29.9 Å². The molecule has 1 aromatic carbocycles. The van der Waals surface area contributed by atoms with Crippen molar-refractivity contribution in [3.05, 3.63) is 45.9 Å². The van der Waals surface area contributed by atoms with Crippen molar-refractivity contribution in [3.8, 4) is 0 Å². The number of nitrogens with one attached hydrogen (secondary N) is 1. The molecule has 112 valence electrons. The summed E-state index contributed by atoms with van der Waals surface area (Å²) in [7, 11) is 1.38. The largest absolute Gasteiger partial charge is 0.465 e. The Morgan fingerprint density at radius 1 is 1.33 bits per heavy atom.